The molecule has 0 bridgehead atoms. The molecule has 1 fully saturated rings. The average Bonchev–Trinajstić information content (AvgIpc) is 2.67. The van der Waals surface area contributed by atoms with Gasteiger partial charge in [0, 0.05) is 19.1 Å². The molecule has 0 saturated carbocycles. The fourth-order valence-electron chi connectivity index (χ4n) is 1.46. The topological polar surface area (TPSA) is 79.4 Å². The number of hydrogen-bond donors (Lipinski definition) is 1. The molecular formula is C9H13N3O3S. The third kappa shape index (κ3) is 2.37. The zero-order chi connectivity index (χ0) is 11.5. The Morgan fingerprint density at radius 2 is 2.62 bits per heavy atom. The lowest BCUT2D eigenvalue weighted by molar-refractivity contribution is -0.0152. The maximum absolute atomic E-state index is 11.5. The Labute approximate surface area is 96.8 Å². The van der Waals surface area contributed by atoms with Crippen molar-refractivity contribution in [2.75, 3.05) is 25.2 Å². The summed E-state index contributed by atoms with van der Waals surface area (Å²) in [6, 6.07) is 1.58. The first-order valence-electron chi connectivity index (χ1n) is 4.81. The third-order valence-corrected chi connectivity index (χ3v) is 3.29. The van der Waals surface area contributed by atoms with Crippen LogP contribution in [0.4, 0.5) is 5.82 Å². The Kier molecular flexibility index (Phi) is 3.47. The van der Waals surface area contributed by atoms with E-state index in [0.29, 0.717) is 12.4 Å². The van der Waals surface area contributed by atoms with Crippen molar-refractivity contribution in [3.05, 3.63) is 22.7 Å². The molecule has 2 rings (SSSR count). The standard InChI is InChI=1S/C9H13N3O3S/c1-14-4-8-15-7(5-16-8)12-3-2-6(10)11-9(12)13/h2-3,7-8H,4-5H2,1H3,(H2,10,11,13)/t7-,8+/m0/s1. The Hall–Kier alpha value is -1.05. The Morgan fingerprint density at radius 1 is 1.81 bits per heavy atom. The highest BCUT2D eigenvalue weighted by Crippen LogP contribution is 2.30. The van der Waals surface area contributed by atoms with E-state index in [4.69, 9.17) is 15.2 Å². The van der Waals surface area contributed by atoms with Gasteiger partial charge in [0.25, 0.3) is 0 Å². The summed E-state index contributed by atoms with van der Waals surface area (Å²) in [6.45, 7) is 0.512. The number of thioether (sulfide) groups is 1. The van der Waals surface area contributed by atoms with Crippen LogP contribution in [-0.4, -0.2) is 34.5 Å². The third-order valence-electron chi connectivity index (χ3n) is 2.20. The van der Waals surface area contributed by atoms with Crippen molar-refractivity contribution in [1.82, 2.24) is 9.55 Å². The van der Waals surface area contributed by atoms with E-state index in [1.165, 1.54) is 4.57 Å². The van der Waals surface area contributed by atoms with Crippen LogP contribution in [0, 0.1) is 0 Å². The number of rotatable bonds is 3. The molecule has 1 saturated heterocycles. The minimum absolute atomic E-state index is 0.0283. The van der Waals surface area contributed by atoms with Crippen molar-refractivity contribution >= 4 is 17.6 Å². The van der Waals surface area contributed by atoms with Gasteiger partial charge >= 0.3 is 5.69 Å². The van der Waals surface area contributed by atoms with Gasteiger partial charge in [0.1, 0.15) is 17.5 Å². The molecule has 2 N–H and O–H groups in total. The molecule has 1 aromatic heterocycles. The highest BCUT2D eigenvalue weighted by molar-refractivity contribution is 8.00. The average molecular weight is 243 g/mol. The monoisotopic (exact) mass is 243 g/mol. The van der Waals surface area contributed by atoms with Crippen molar-refractivity contribution in [2.24, 2.45) is 0 Å². The van der Waals surface area contributed by atoms with Gasteiger partial charge in [-0.05, 0) is 6.07 Å². The molecular weight excluding hydrogens is 230 g/mol. The second kappa shape index (κ2) is 4.86. The molecule has 0 aromatic carbocycles. The lowest BCUT2D eigenvalue weighted by Crippen LogP contribution is -2.28. The second-order valence-corrected chi connectivity index (χ2v) is 4.54. The maximum atomic E-state index is 11.5. The highest BCUT2D eigenvalue weighted by atomic mass is 32.2. The van der Waals surface area contributed by atoms with Crippen LogP contribution in [0.5, 0.6) is 0 Å². The summed E-state index contributed by atoms with van der Waals surface area (Å²) in [5.74, 6) is 0.930. The van der Waals surface area contributed by atoms with Gasteiger partial charge in [-0.25, -0.2) is 4.79 Å². The van der Waals surface area contributed by atoms with E-state index < -0.39 is 0 Å². The molecule has 7 heteroatoms. The quantitative estimate of drug-likeness (QED) is 0.808. The van der Waals surface area contributed by atoms with Crippen LogP contribution in [-0.2, 0) is 9.47 Å². The van der Waals surface area contributed by atoms with Crippen LogP contribution in [0.1, 0.15) is 6.23 Å². The lowest BCUT2D eigenvalue weighted by atomic mass is 10.5. The van der Waals surface area contributed by atoms with Gasteiger partial charge in [-0.2, -0.15) is 4.98 Å². The predicted molar refractivity (Wildman–Crippen MR) is 61.2 cm³/mol. The maximum Gasteiger partial charge on any atom is 0.351 e. The number of methoxy groups -OCH3 is 1. The van der Waals surface area contributed by atoms with E-state index >= 15 is 0 Å². The summed E-state index contributed by atoms with van der Waals surface area (Å²) in [6.07, 6.45) is 1.32. The van der Waals surface area contributed by atoms with Gasteiger partial charge < -0.3 is 15.2 Å². The minimum Gasteiger partial charge on any atom is -0.383 e. The first-order chi connectivity index (χ1) is 7.70. The van der Waals surface area contributed by atoms with Crippen molar-refractivity contribution in [3.8, 4) is 0 Å². The number of hydrogen-bond acceptors (Lipinski definition) is 6. The molecule has 0 radical (unpaired) electrons. The van der Waals surface area contributed by atoms with Crippen LogP contribution >= 0.6 is 11.8 Å². The molecule has 88 valence electrons. The zero-order valence-corrected chi connectivity index (χ0v) is 9.64. The Balaban J connectivity index is 2.11. The summed E-state index contributed by atoms with van der Waals surface area (Å²) in [5, 5.41) is 0. The SMILES string of the molecule is COC[C@@H]1O[C@H](n2ccc(N)nc2=O)CS1. The van der Waals surface area contributed by atoms with Crippen molar-refractivity contribution in [3.63, 3.8) is 0 Å². The predicted octanol–water partition coefficient (Wildman–Crippen LogP) is 0.0600. The molecule has 2 atom stereocenters. The van der Waals surface area contributed by atoms with Crippen LogP contribution in [0.3, 0.4) is 0 Å². The van der Waals surface area contributed by atoms with Crippen molar-refractivity contribution in [1.29, 1.82) is 0 Å². The van der Waals surface area contributed by atoms with Crippen LogP contribution in [0.15, 0.2) is 17.1 Å². The first kappa shape index (κ1) is 11.4. The number of aromatic nitrogens is 2. The molecule has 1 aromatic rings. The fourth-order valence-corrected chi connectivity index (χ4v) is 2.52. The minimum atomic E-state index is -0.385. The first-order valence-corrected chi connectivity index (χ1v) is 5.86. The molecule has 0 aliphatic carbocycles. The van der Waals surface area contributed by atoms with E-state index in [1.54, 1.807) is 31.1 Å². The van der Waals surface area contributed by atoms with Crippen molar-refractivity contribution < 1.29 is 9.47 Å². The number of anilines is 1. The van der Waals surface area contributed by atoms with Crippen LogP contribution in [0.2, 0.25) is 0 Å². The van der Waals surface area contributed by atoms with Crippen molar-refractivity contribution in [2.45, 2.75) is 11.7 Å². The fraction of sp³-hybridized carbons (Fsp3) is 0.556. The van der Waals surface area contributed by atoms with Gasteiger partial charge in [0.15, 0.2) is 0 Å². The van der Waals surface area contributed by atoms with Crippen LogP contribution in [0.25, 0.3) is 0 Å². The summed E-state index contributed by atoms with van der Waals surface area (Å²) >= 11 is 1.62. The molecule has 1 aliphatic rings. The van der Waals surface area contributed by atoms with E-state index in [0.717, 1.165) is 0 Å². The van der Waals surface area contributed by atoms with Crippen LogP contribution < -0.4 is 11.4 Å². The Bertz CT molecular complexity index is 423. The van der Waals surface area contributed by atoms with E-state index in [2.05, 4.69) is 4.98 Å². The van der Waals surface area contributed by atoms with Gasteiger partial charge in [0.2, 0.25) is 0 Å². The molecule has 0 spiro atoms. The number of nitrogens with two attached hydrogens (primary N) is 1. The van der Waals surface area contributed by atoms with Gasteiger partial charge in [-0.1, -0.05) is 0 Å². The smallest absolute Gasteiger partial charge is 0.351 e. The van der Waals surface area contributed by atoms with Gasteiger partial charge in [-0.15, -0.1) is 11.8 Å². The Morgan fingerprint density at radius 3 is 3.31 bits per heavy atom. The van der Waals surface area contributed by atoms with E-state index in [-0.39, 0.29) is 23.2 Å². The zero-order valence-electron chi connectivity index (χ0n) is 8.83. The molecule has 16 heavy (non-hydrogen) atoms. The molecule has 6 nitrogen and oxygen atoms in total. The number of nitrogens with zero attached hydrogens (tertiary/aromatic N) is 2. The van der Waals surface area contributed by atoms with Gasteiger partial charge in [0.05, 0.1) is 6.61 Å². The lowest BCUT2D eigenvalue weighted by Gasteiger charge is -2.13. The second-order valence-electron chi connectivity index (χ2n) is 3.35. The molecule has 2 heterocycles. The largest absolute Gasteiger partial charge is 0.383 e. The van der Waals surface area contributed by atoms with E-state index in [1.807, 2.05) is 0 Å². The number of nitrogen functional groups attached to an aromatic ring is 1. The molecule has 0 unspecified atom stereocenters. The van der Waals surface area contributed by atoms with Gasteiger partial charge in [-0.3, -0.25) is 4.57 Å². The highest BCUT2D eigenvalue weighted by Gasteiger charge is 2.27. The van der Waals surface area contributed by atoms with E-state index in [9.17, 15) is 4.79 Å². The number of ether oxygens (including phenoxy) is 2. The normalized spacial score (nSPS) is 24.8. The molecule has 1 aliphatic heterocycles. The summed E-state index contributed by atoms with van der Waals surface area (Å²) in [7, 11) is 1.62. The summed E-state index contributed by atoms with van der Waals surface area (Å²) in [5.41, 5.74) is 5.00. The summed E-state index contributed by atoms with van der Waals surface area (Å²) in [4.78, 5) is 15.2. The molecule has 0 amide bonds. The summed E-state index contributed by atoms with van der Waals surface area (Å²) < 4.78 is 12.1.